The average molecular weight is 209 g/mol. The highest BCUT2D eigenvalue weighted by molar-refractivity contribution is 5.60. The first kappa shape index (κ1) is 9.46. The molecule has 0 saturated carbocycles. The molecule has 2 aromatic carbocycles. The van der Waals surface area contributed by atoms with Gasteiger partial charge in [0.2, 0.25) is 0 Å². The summed E-state index contributed by atoms with van der Waals surface area (Å²) >= 11 is 0. The van der Waals surface area contributed by atoms with Gasteiger partial charge in [-0.25, -0.2) is 0 Å². The molecule has 1 N–H and O–H groups in total. The quantitative estimate of drug-likeness (QED) is 0.700. The van der Waals surface area contributed by atoms with E-state index >= 15 is 0 Å². The predicted molar refractivity (Wildman–Crippen MR) is 67.8 cm³/mol. The molecular weight excluding hydrogens is 194 g/mol. The fourth-order valence-corrected chi connectivity index (χ4v) is 2.42. The zero-order valence-corrected chi connectivity index (χ0v) is 9.46. The van der Waals surface area contributed by atoms with Crippen LogP contribution in [0.15, 0.2) is 42.5 Å². The molecule has 0 saturated heterocycles. The molecule has 0 aliphatic carbocycles. The maximum Gasteiger partial charge on any atom is 0.0408 e. The molecule has 0 unspecified atom stereocenters. The number of nitrogens with one attached hydrogen (secondary N) is 1. The molecule has 0 bridgehead atoms. The van der Waals surface area contributed by atoms with E-state index in [9.17, 15) is 0 Å². The van der Waals surface area contributed by atoms with Crippen LogP contribution in [0, 0.1) is 6.92 Å². The van der Waals surface area contributed by atoms with Crippen molar-refractivity contribution in [2.75, 3.05) is 5.32 Å². The number of benzene rings is 2. The van der Waals surface area contributed by atoms with Gasteiger partial charge in [0.15, 0.2) is 0 Å². The molecule has 1 aliphatic heterocycles. The van der Waals surface area contributed by atoms with Crippen LogP contribution in [0.1, 0.15) is 22.3 Å². The van der Waals surface area contributed by atoms with E-state index in [1.807, 2.05) is 0 Å². The molecule has 3 rings (SSSR count). The zero-order valence-electron chi connectivity index (χ0n) is 9.46. The Hall–Kier alpha value is -1.76. The molecule has 0 aromatic heterocycles. The lowest BCUT2D eigenvalue weighted by Crippen LogP contribution is -2.00. The molecule has 0 fully saturated rings. The van der Waals surface area contributed by atoms with Crippen molar-refractivity contribution in [2.45, 2.75) is 19.9 Å². The third kappa shape index (κ3) is 1.49. The Kier molecular flexibility index (Phi) is 2.17. The molecule has 1 heterocycles. The summed E-state index contributed by atoms with van der Waals surface area (Å²) < 4.78 is 0. The Bertz CT molecular complexity index is 529. The lowest BCUT2D eigenvalue weighted by Gasteiger charge is -2.10. The van der Waals surface area contributed by atoms with Crippen LogP contribution in [-0.2, 0) is 13.0 Å². The van der Waals surface area contributed by atoms with E-state index in [0.29, 0.717) is 0 Å². The van der Waals surface area contributed by atoms with Crippen LogP contribution in [0.2, 0.25) is 0 Å². The summed E-state index contributed by atoms with van der Waals surface area (Å²) in [6.07, 6.45) is 1.04. The Morgan fingerprint density at radius 2 is 1.62 bits per heavy atom. The first-order chi connectivity index (χ1) is 7.84. The Morgan fingerprint density at radius 1 is 0.875 bits per heavy atom. The van der Waals surface area contributed by atoms with Crippen molar-refractivity contribution in [1.29, 1.82) is 0 Å². The average Bonchev–Trinajstić information content (AvgIpc) is 2.48. The molecule has 0 radical (unpaired) electrons. The second-order valence-corrected chi connectivity index (χ2v) is 4.41. The van der Waals surface area contributed by atoms with Gasteiger partial charge < -0.3 is 5.32 Å². The Labute approximate surface area is 96.1 Å². The minimum absolute atomic E-state index is 0.939. The van der Waals surface area contributed by atoms with Crippen LogP contribution >= 0.6 is 0 Å². The summed E-state index contributed by atoms with van der Waals surface area (Å²) in [6, 6.07) is 15.2. The van der Waals surface area contributed by atoms with Crippen LogP contribution in [-0.4, -0.2) is 0 Å². The van der Waals surface area contributed by atoms with Gasteiger partial charge in [-0.05, 0) is 35.6 Å². The van der Waals surface area contributed by atoms with E-state index in [-0.39, 0.29) is 0 Å². The minimum atomic E-state index is 0.939. The Balaban J connectivity index is 2.12. The van der Waals surface area contributed by atoms with Gasteiger partial charge >= 0.3 is 0 Å². The Morgan fingerprint density at radius 3 is 2.50 bits per heavy atom. The van der Waals surface area contributed by atoms with Crippen molar-refractivity contribution in [2.24, 2.45) is 0 Å². The van der Waals surface area contributed by atoms with Crippen molar-refractivity contribution in [3.63, 3.8) is 0 Å². The third-order valence-corrected chi connectivity index (χ3v) is 3.31. The summed E-state index contributed by atoms with van der Waals surface area (Å²) in [7, 11) is 0. The van der Waals surface area contributed by atoms with Crippen molar-refractivity contribution in [1.82, 2.24) is 0 Å². The lowest BCUT2D eigenvalue weighted by atomic mass is 9.99. The number of hydrogen-bond acceptors (Lipinski definition) is 1. The van der Waals surface area contributed by atoms with Gasteiger partial charge in [0.25, 0.3) is 0 Å². The normalized spacial score (nSPS) is 13.3. The van der Waals surface area contributed by atoms with Crippen molar-refractivity contribution in [3.05, 3.63) is 64.7 Å². The maximum absolute atomic E-state index is 3.55. The smallest absolute Gasteiger partial charge is 0.0408 e. The third-order valence-electron chi connectivity index (χ3n) is 3.31. The number of anilines is 1. The number of rotatable bonds is 0. The first-order valence-corrected chi connectivity index (χ1v) is 5.74. The highest BCUT2D eigenvalue weighted by Gasteiger charge is 2.12. The second-order valence-electron chi connectivity index (χ2n) is 4.41. The van der Waals surface area contributed by atoms with E-state index in [2.05, 4.69) is 54.7 Å². The van der Waals surface area contributed by atoms with Crippen LogP contribution in [0.3, 0.4) is 0 Å². The largest absolute Gasteiger partial charge is 0.381 e. The monoisotopic (exact) mass is 209 g/mol. The number of fused-ring (bicyclic) bond motifs is 2. The van der Waals surface area contributed by atoms with E-state index < -0.39 is 0 Å². The highest BCUT2D eigenvalue weighted by atomic mass is 14.9. The van der Waals surface area contributed by atoms with Crippen molar-refractivity contribution < 1.29 is 0 Å². The van der Waals surface area contributed by atoms with Crippen LogP contribution in [0.5, 0.6) is 0 Å². The lowest BCUT2D eigenvalue weighted by molar-refractivity contribution is 1.12. The molecule has 0 spiro atoms. The summed E-state index contributed by atoms with van der Waals surface area (Å²) in [5.41, 5.74) is 6.92. The predicted octanol–water partition coefficient (Wildman–Crippen LogP) is 3.51. The standard InChI is InChI=1S/C15H15N/c1-11-5-4-8-13-9-12-6-2-3-7-14(12)10-16-15(11)13/h2-8,16H,9-10H2,1H3. The fourth-order valence-electron chi connectivity index (χ4n) is 2.42. The zero-order chi connectivity index (χ0) is 11.0. The van der Waals surface area contributed by atoms with Crippen molar-refractivity contribution >= 4 is 5.69 Å². The molecule has 1 aliphatic rings. The van der Waals surface area contributed by atoms with Gasteiger partial charge in [-0.3, -0.25) is 0 Å². The molecule has 0 amide bonds. The maximum atomic E-state index is 3.55. The van der Waals surface area contributed by atoms with Crippen LogP contribution in [0.4, 0.5) is 5.69 Å². The SMILES string of the molecule is Cc1cccc2c1NCc1ccccc1C2. The van der Waals surface area contributed by atoms with Crippen molar-refractivity contribution in [3.8, 4) is 0 Å². The molecule has 2 aromatic rings. The fraction of sp³-hybridized carbons (Fsp3) is 0.200. The van der Waals surface area contributed by atoms with Gasteiger partial charge in [0.1, 0.15) is 0 Å². The molecule has 16 heavy (non-hydrogen) atoms. The molecule has 80 valence electrons. The summed E-state index contributed by atoms with van der Waals surface area (Å²) in [5, 5.41) is 3.55. The van der Waals surface area contributed by atoms with E-state index in [1.54, 1.807) is 0 Å². The van der Waals surface area contributed by atoms with Gasteiger partial charge in [-0.2, -0.15) is 0 Å². The molecule has 1 heteroatoms. The number of hydrogen-bond donors (Lipinski definition) is 1. The van der Waals surface area contributed by atoms with Crippen LogP contribution < -0.4 is 5.32 Å². The van der Waals surface area contributed by atoms with E-state index in [4.69, 9.17) is 0 Å². The molecular formula is C15H15N. The number of para-hydroxylation sites is 1. The van der Waals surface area contributed by atoms with Gasteiger partial charge in [-0.15, -0.1) is 0 Å². The topological polar surface area (TPSA) is 12.0 Å². The molecule has 1 nitrogen and oxygen atoms in total. The van der Waals surface area contributed by atoms with E-state index in [1.165, 1.54) is 27.9 Å². The van der Waals surface area contributed by atoms with E-state index in [0.717, 1.165) is 13.0 Å². The summed E-state index contributed by atoms with van der Waals surface area (Å²) in [5.74, 6) is 0. The summed E-state index contributed by atoms with van der Waals surface area (Å²) in [4.78, 5) is 0. The first-order valence-electron chi connectivity index (χ1n) is 5.74. The van der Waals surface area contributed by atoms with Crippen LogP contribution in [0.25, 0.3) is 0 Å². The number of aryl methyl sites for hydroxylation is 1. The van der Waals surface area contributed by atoms with Gasteiger partial charge in [-0.1, -0.05) is 42.5 Å². The molecule has 0 atom stereocenters. The highest BCUT2D eigenvalue weighted by Crippen LogP contribution is 2.28. The summed E-state index contributed by atoms with van der Waals surface area (Å²) in [6.45, 7) is 3.11. The minimum Gasteiger partial charge on any atom is -0.381 e. The van der Waals surface area contributed by atoms with Gasteiger partial charge in [0.05, 0.1) is 0 Å². The second kappa shape index (κ2) is 3.67. The van der Waals surface area contributed by atoms with Gasteiger partial charge in [0, 0.05) is 12.2 Å².